The van der Waals surface area contributed by atoms with E-state index < -0.39 is 0 Å². The van der Waals surface area contributed by atoms with Crippen LogP contribution in [0.4, 0.5) is 5.69 Å². The van der Waals surface area contributed by atoms with E-state index in [9.17, 15) is 0 Å². The van der Waals surface area contributed by atoms with E-state index in [1.807, 2.05) is 26.0 Å². The van der Waals surface area contributed by atoms with Gasteiger partial charge in [-0.25, -0.2) is 0 Å². The molecule has 0 aliphatic rings. The van der Waals surface area contributed by atoms with Gasteiger partial charge in [0, 0.05) is 17.0 Å². The smallest absolute Gasteiger partial charge is 0.0411 e. The molecule has 1 aromatic carbocycles. The van der Waals surface area contributed by atoms with E-state index in [0.717, 1.165) is 16.7 Å². The number of nitrogens with one attached hydrogen (secondary N) is 1. The van der Waals surface area contributed by atoms with Gasteiger partial charge in [0.1, 0.15) is 0 Å². The molecule has 1 aromatic rings. The lowest BCUT2D eigenvalue weighted by Gasteiger charge is -2.08. The van der Waals surface area contributed by atoms with Crippen molar-refractivity contribution in [1.82, 2.24) is 0 Å². The summed E-state index contributed by atoms with van der Waals surface area (Å²) in [7, 11) is 0. The molecule has 0 radical (unpaired) electrons. The average molecular weight is 162 g/mol. The number of rotatable bonds is 1. The van der Waals surface area contributed by atoms with Crippen LogP contribution in [0.25, 0.3) is 0 Å². The van der Waals surface area contributed by atoms with E-state index >= 15 is 0 Å². The average Bonchev–Trinajstić information content (AvgIpc) is 1.82. The molecular formula is C10H14N2. The van der Waals surface area contributed by atoms with Gasteiger partial charge in [-0.2, -0.15) is 0 Å². The minimum Gasteiger partial charge on any atom is -0.398 e. The van der Waals surface area contributed by atoms with Crippen molar-refractivity contribution in [3.63, 3.8) is 0 Å². The van der Waals surface area contributed by atoms with Crippen LogP contribution in [0.2, 0.25) is 0 Å². The molecular weight excluding hydrogens is 148 g/mol. The van der Waals surface area contributed by atoms with Gasteiger partial charge in [0.2, 0.25) is 0 Å². The third kappa shape index (κ3) is 1.47. The molecule has 0 unspecified atom stereocenters. The molecule has 2 heteroatoms. The summed E-state index contributed by atoms with van der Waals surface area (Å²) >= 11 is 0. The third-order valence-corrected chi connectivity index (χ3v) is 1.89. The summed E-state index contributed by atoms with van der Waals surface area (Å²) in [6, 6.07) is 3.95. The minimum atomic E-state index is 0.532. The van der Waals surface area contributed by atoms with Crippen molar-refractivity contribution in [3.05, 3.63) is 28.8 Å². The number of anilines is 1. The number of nitrogen functional groups attached to an aromatic ring is 1. The van der Waals surface area contributed by atoms with Crippen molar-refractivity contribution in [2.75, 3.05) is 5.73 Å². The lowest BCUT2D eigenvalue weighted by Crippen LogP contribution is -2.02. The Morgan fingerprint density at radius 1 is 1.33 bits per heavy atom. The molecule has 64 valence electrons. The lowest BCUT2D eigenvalue weighted by molar-refractivity contribution is 1.34. The van der Waals surface area contributed by atoms with Crippen molar-refractivity contribution in [2.45, 2.75) is 20.8 Å². The van der Waals surface area contributed by atoms with Gasteiger partial charge >= 0.3 is 0 Å². The summed E-state index contributed by atoms with van der Waals surface area (Å²) in [4.78, 5) is 0. The van der Waals surface area contributed by atoms with Gasteiger partial charge in [0.05, 0.1) is 0 Å². The highest BCUT2D eigenvalue weighted by Gasteiger charge is 2.05. The van der Waals surface area contributed by atoms with Gasteiger partial charge in [-0.05, 0) is 38.0 Å². The van der Waals surface area contributed by atoms with E-state index in [4.69, 9.17) is 11.1 Å². The quantitative estimate of drug-likeness (QED) is 0.483. The maximum absolute atomic E-state index is 7.51. The predicted molar refractivity (Wildman–Crippen MR) is 52.8 cm³/mol. The molecule has 0 spiro atoms. The number of aryl methyl sites for hydroxylation is 2. The summed E-state index contributed by atoms with van der Waals surface area (Å²) in [5, 5.41) is 7.51. The molecule has 12 heavy (non-hydrogen) atoms. The fourth-order valence-electron chi connectivity index (χ4n) is 1.51. The normalized spacial score (nSPS) is 9.92. The first kappa shape index (κ1) is 8.78. The van der Waals surface area contributed by atoms with Gasteiger partial charge in [-0.15, -0.1) is 0 Å². The molecule has 0 saturated heterocycles. The number of hydrogen-bond acceptors (Lipinski definition) is 2. The highest BCUT2D eigenvalue weighted by atomic mass is 14.6. The summed E-state index contributed by atoms with van der Waals surface area (Å²) in [6.07, 6.45) is 0. The molecule has 0 fully saturated rings. The predicted octanol–water partition coefficient (Wildman–Crippen LogP) is 2.27. The zero-order valence-corrected chi connectivity index (χ0v) is 7.73. The molecule has 3 N–H and O–H groups in total. The molecule has 0 aliphatic carbocycles. The highest BCUT2D eigenvalue weighted by molar-refractivity contribution is 6.02. The lowest BCUT2D eigenvalue weighted by atomic mass is 10.0. The molecule has 0 amide bonds. The van der Waals surface area contributed by atoms with E-state index in [1.54, 1.807) is 6.92 Å². The highest BCUT2D eigenvalue weighted by Crippen LogP contribution is 2.19. The van der Waals surface area contributed by atoms with Gasteiger partial charge in [-0.3, -0.25) is 0 Å². The van der Waals surface area contributed by atoms with Gasteiger partial charge in [0.15, 0.2) is 0 Å². The summed E-state index contributed by atoms with van der Waals surface area (Å²) in [6.45, 7) is 5.75. The third-order valence-electron chi connectivity index (χ3n) is 1.89. The second-order valence-electron chi connectivity index (χ2n) is 3.17. The van der Waals surface area contributed by atoms with Gasteiger partial charge in [-0.1, -0.05) is 6.07 Å². The molecule has 0 aliphatic heterocycles. The van der Waals surface area contributed by atoms with Crippen molar-refractivity contribution in [2.24, 2.45) is 0 Å². The van der Waals surface area contributed by atoms with Crippen LogP contribution in [0.3, 0.4) is 0 Å². The van der Waals surface area contributed by atoms with Crippen molar-refractivity contribution in [1.29, 1.82) is 5.41 Å². The van der Waals surface area contributed by atoms with Crippen LogP contribution in [-0.2, 0) is 0 Å². The minimum absolute atomic E-state index is 0.532. The molecule has 2 nitrogen and oxygen atoms in total. The van der Waals surface area contributed by atoms with Crippen molar-refractivity contribution in [3.8, 4) is 0 Å². The second kappa shape index (κ2) is 2.97. The summed E-state index contributed by atoms with van der Waals surface area (Å²) in [5.41, 5.74) is 10.1. The Bertz CT molecular complexity index is 304. The first-order valence-corrected chi connectivity index (χ1v) is 3.94. The standard InChI is InChI=1S/C10H14N2/c1-6-4-7(2)10(8(3)11)9(12)5-6/h4-5,11H,12H2,1-3H3. The van der Waals surface area contributed by atoms with E-state index in [1.165, 1.54) is 0 Å². The molecule has 0 aromatic heterocycles. The second-order valence-corrected chi connectivity index (χ2v) is 3.17. The first-order chi connectivity index (χ1) is 5.52. The van der Waals surface area contributed by atoms with Crippen LogP contribution in [0, 0.1) is 19.3 Å². The van der Waals surface area contributed by atoms with Gasteiger partial charge in [0.25, 0.3) is 0 Å². The van der Waals surface area contributed by atoms with Crippen molar-refractivity contribution >= 4 is 11.4 Å². The van der Waals surface area contributed by atoms with Crippen LogP contribution in [-0.4, -0.2) is 5.71 Å². The van der Waals surface area contributed by atoms with E-state index in [0.29, 0.717) is 11.4 Å². The largest absolute Gasteiger partial charge is 0.398 e. The maximum atomic E-state index is 7.51. The molecule has 0 bridgehead atoms. The van der Waals surface area contributed by atoms with Crippen LogP contribution >= 0.6 is 0 Å². The van der Waals surface area contributed by atoms with Crippen LogP contribution in [0.5, 0.6) is 0 Å². The maximum Gasteiger partial charge on any atom is 0.0411 e. The fourth-order valence-corrected chi connectivity index (χ4v) is 1.51. The summed E-state index contributed by atoms with van der Waals surface area (Å²) in [5.74, 6) is 0. The van der Waals surface area contributed by atoms with Crippen LogP contribution in [0.15, 0.2) is 12.1 Å². The summed E-state index contributed by atoms with van der Waals surface area (Å²) < 4.78 is 0. The zero-order chi connectivity index (χ0) is 9.30. The number of hydrogen-bond donors (Lipinski definition) is 2. The number of benzene rings is 1. The first-order valence-electron chi connectivity index (χ1n) is 3.94. The molecule has 0 heterocycles. The Morgan fingerprint density at radius 2 is 1.92 bits per heavy atom. The van der Waals surface area contributed by atoms with Gasteiger partial charge < -0.3 is 11.1 Å². The Morgan fingerprint density at radius 3 is 2.33 bits per heavy atom. The monoisotopic (exact) mass is 162 g/mol. The Hall–Kier alpha value is -1.31. The van der Waals surface area contributed by atoms with Crippen molar-refractivity contribution < 1.29 is 0 Å². The molecule has 1 rings (SSSR count). The molecule has 0 saturated carbocycles. The number of nitrogens with two attached hydrogens (primary N) is 1. The van der Waals surface area contributed by atoms with Crippen LogP contribution in [0.1, 0.15) is 23.6 Å². The Kier molecular flexibility index (Phi) is 2.18. The Labute approximate surface area is 72.9 Å². The molecule has 0 atom stereocenters. The topological polar surface area (TPSA) is 49.9 Å². The fraction of sp³-hybridized carbons (Fsp3) is 0.300. The van der Waals surface area contributed by atoms with Crippen LogP contribution < -0.4 is 5.73 Å². The zero-order valence-electron chi connectivity index (χ0n) is 7.73. The SMILES string of the molecule is CC(=N)c1c(C)cc(C)cc1N. The Balaban J connectivity index is 3.38. The van der Waals surface area contributed by atoms with E-state index in [-0.39, 0.29) is 0 Å². The van der Waals surface area contributed by atoms with E-state index in [2.05, 4.69) is 0 Å².